The molecule has 2 aliphatic rings. The molecule has 2 aromatic carbocycles. The number of aromatic nitrogens is 1. The average Bonchev–Trinajstić information content (AvgIpc) is 3.22. The molecule has 1 aliphatic carbocycles. The number of likely N-dealkylation sites (tertiary alicyclic amines) is 1. The molecule has 0 radical (unpaired) electrons. The first-order valence-corrected chi connectivity index (χ1v) is 8.23. The summed E-state index contributed by atoms with van der Waals surface area (Å²) in [6.07, 6.45) is 1.65. The first kappa shape index (κ1) is 12.9. The molecule has 5 rings (SSSR count). The van der Waals surface area contributed by atoms with Gasteiger partial charge in [-0.05, 0) is 18.1 Å². The lowest BCUT2D eigenvalue weighted by Crippen LogP contribution is -2.29. The molecule has 3 heteroatoms. The largest absolute Gasteiger partial charge is 0.343 e. The summed E-state index contributed by atoms with van der Waals surface area (Å²) < 4.78 is 2.28. The fraction of sp³-hybridized carbons (Fsp3) is 0.250. The Balaban J connectivity index is 1.87. The highest BCUT2D eigenvalue weighted by atomic mass is 16.2. The van der Waals surface area contributed by atoms with Crippen LogP contribution in [0.3, 0.4) is 0 Å². The smallest absolute Gasteiger partial charge is 0.223 e. The first-order valence-electron chi connectivity index (χ1n) is 8.23. The zero-order valence-electron chi connectivity index (χ0n) is 13.1. The lowest BCUT2D eigenvalue weighted by molar-refractivity contribution is -0.129. The van der Waals surface area contributed by atoms with E-state index >= 15 is 0 Å². The minimum absolute atomic E-state index is 0.0716. The standard InChI is InChI=1S/C20H18N2O/c1-21-16-10-5-4-9-15(16)18-19(21)13-7-2-3-8-14(13)20(18)22-12-6-11-17(22)23/h2-5,7-10,20H,6,11-12H2,1H3. The summed E-state index contributed by atoms with van der Waals surface area (Å²) in [6, 6.07) is 17.1. The summed E-state index contributed by atoms with van der Waals surface area (Å²) in [7, 11) is 2.13. The second kappa shape index (κ2) is 4.48. The number of hydrogen-bond donors (Lipinski definition) is 0. The molecule has 1 amide bonds. The summed E-state index contributed by atoms with van der Waals surface area (Å²) in [5.74, 6) is 0.283. The minimum atomic E-state index is 0.0716. The molecule has 0 spiro atoms. The van der Waals surface area contributed by atoms with Gasteiger partial charge < -0.3 is 9.47 Å². The van der Waals surface area contributed by atoms with Crippen LogP contribution in [-0.2, 0) is 11.8 Å². The third kappa shape index (κ3) is 1.57. The van der Waals surface area contributed by atoms with E-state index in [0.717, 1.165) is 13.0 Å². The van der Waals surface area contributed by atoms with Crippen LogP contribution in [0.25, 0.3) is 22.2 Å². The SMILES string of the molecule is Cn1c2c(c3ccccc31)C(N1CCCC1=O)c1ccccc1-2. The molecule has 0 N–H and O–H groups in total. The Morgan fingerprint density at radius 2 is 1.83 bits per heavy atom. The number of para-hydroxylation sites is 1. The quantitative estimate of drug-likeness (QED) is 0.670. The highest BCUT2D eigenvalue weighted by Gasteiger charge is 2.40. The van der Waals surface area contributed by atoms with Crippen molar-refractivity contribution in [2.45, 2.75) is 18.9 Å². The maximum absolute atomic E-state index is 12.4. The van der Waals surface area contributed by atoms with Crippen LogP contribution in [0.15, 0.2) is 48.5 Å². The normalized spacial score (nSPS) is 19.4. The van der Waals surface area contributed by atoms with E-state index in [1.54, 1.807) is 0 Å². The van der Waals surface area contributed by atoms with Gasteiger partial charge in [-0.2, -0.15) is 0 Å². The Morgan fingerprint density at radius 3 is 2.65 bits per heavy atom. The second-order valence-corrected chi connectivity index (χ2v) is 6.52. The van der Waals surface area contributed by atoms with E-state index in [1.165, 1.54) is 33.3 Å². The molecule has 1 aromatic heterocycles. The van der Waals surface area contributed by atoms with Gasteiger partial charge in [0, 0.05) is 42.0 Å². The van der Waals surface area contributed by atoms with E-state index in [4.69, 9.17) is 0 Å². The van der Waals surface area contributed by atoms with Crippen LogP contribution < -0.4 is 0 Å². The number of carbonyl (C=O) groups excluding carboxylic acids is 1. The maximum atomic E-state index is 12.4. The number of fused-ring (bicyclic) bond motifs is 5. The topological polar surface area (TPSA) is 25.2 Å². The molecule has 2 heterocycles. The predicted octanol–water partition coefficient (Wildman–Crippen LogP) is 3.87. The van der Waals surface area contributed by atoms with Crippen molar-refractivity contribution in [3.05, 3.63) is 59.7 Å². The molecule has 0 bridgehead atoms. The molecule has 23 heavy (non-hydrogen) atoms. The summed E-state index contributed by atoms with van der Waals surface area (Å²) >= 11 is 0. The fourth-order valence-corrected chi connectivity index (χ4v) is 4.40. The third-order valence-electron chi connectivity index (χ3n) is 5.35. The van der Waals surface area contributed by atoms with Crippen molar-refractivity contribution < 1.29 is 4.79 Å². The molecule has 1 fully saturated rings. The molecule has 1 unspecified atom stereocenters. The van der Waals surface area contributed by atoms with Crippen molar-refractivity contribution in [3.63, 3.8) is 0 Å². The van der Waals surface area contributed by atoms with Crippen LogP contribution in [0, 0.1) is 0 Å². The molecular weight excluding hydrogens is 284 g/mol. The first-order chi connectivity index (χ1) is 11.3. The van der Waals surface area contributed by atoms with Crippen LogP contribution >= 0.6 is 0 Å². The molecule has 1 saturated heterocycles. The lowest BCUT2D eigenvalue weighted by Gasteiger charge is -2.25. The lowest BCUT2D eigenvalue weighted by atomic mass is 10.0. The van der Waals surface area contributed by atoms with Gasteiger partial charge in [0.05, 0.1) is 11.7 Å². The molecule has 114 valence electrons. The predicted molar refractivity (Wildman–Crippen MR) is 91.1 cm³/mol. The Bertz CT molecular complexity index is 953. The van der Waals surface area contributed by atoms with E-state index in [0.29, 0.717) is 6.42 Å². The van der Waals surface area contributed by atoms with Gasteiger partial charge in [0.2, 0.25) is 5.91 Å². The Labute approximate surface area is 135 Å². The van der Waals surface area contributed by atoms with Crippen molar-refractivity contribution in [1.29, 1.82) is 0 Å². The van der Waals surface area contributed by atoms with Gasteiger partial charge in [-0.1, -0.05) is 42.5 Å². The van der Waals surface area contributed by atoms with Gasteiger partial charge in [0.25, 0.3) is 0 Å². The van der Waals surface area contributed by atoms with Crippen LogP contribution in [0.4, 0.5) is 0 Å². The third-order valence-corrected chi connectivity index (χ3v) is 5.35. The summed E-state index contributed by atoms with van der Waals surface area (Å²) in [4.78, 5) is 14.5. The Kier molecular flexibility index (Phi) is 2.52. The second-order valence-electron chi connectivity index (χ2n) is 6.52. The highest BCUT2D eigenvalue weighted by Crippen LogP contribution is 2.51. The maximum Gasteiger partial charge on any atom is 0.223 e. The molecule has 3 nitrogen and oxygen atoms in total. The van der Waals surface area contributed by atoms with Gasteiger partial charge in [-0.15, -0.1) is 0 Å². The molecular formula is C20H18N2O. The van der Waals surface area contributed by atoms with Gasteiger partial charge in [0.15, 0.2) is 0 Å². The molecule has 3 aromatic rings. The Morgan fingerprint density at radius 1 is 1.04 bits per heavy atom. The summed E-state index contributed by atoms with van der Waals surface area (Å²) in [6.45, 7) is 0.862. The van der Waals surface area contributed by atoms with Crippen LogP contribution in [0.2, 0.25) is 0 Å². The molecule has 1 atom stereocenters. The van der Waals surface area contributed by atoms with Gasteiger partial charge in [0.1, 0.15) is 0 Å². The summed E-state index contributed by atoms with van der Waals surface area (Å²) in [5, 5.41) is 1.27. The van der Waals surface area contributed by atoms with Gasteiger partial charge in [-0.3, -0.25) is 4.79 Å². The van der Waals surface area contributed by atoms with Crippen LogP contribution in [0.5, 0.6) is 0 Å². The molecule has 0 saturated carbocycles. The fourth-order valence-electron chi connectivity index (χ4n) is 4.40. The van der Waals surface area contributed by atoms with Crippen LogP contribution in [-0.4, -0.2) is 21.9 Å². The van der Waals surface area contributed by atoms with Crippen molar-refractivity contribution in [2.75, 3.05) is 6.54 Å². The summed E-state index contributed by atoms with van der Waals surface area (Å²) in [5.41, 5.74) is 6.36. The number of nitrogens with zero attached hydrogens (tertiary/aromatic N) is 2. The molecule has 1 aliphatic heterocycles. The van der Waals surface area contributed by atoms with E-state index in [1.807, 2.05) is 0 Å². The van der Waals surface area contributed by atoms with Gasteiger partial charge in [-0.25, -0.2) is 0 Å². The van der Waals surface area contributed by atoms with Crippen molar-refractivity contribution in [1.82, 2.24) is 9.47 Å². The van der Waals surface area contributed by atoms with Crippen molar-refractivity contribution in [3.8, 4) is 11.3 Å². The van der Waals surface area contributed by atoms with E-state index < -0.39 is 0 Å². The van der Waals surface area contributed by atoms with Gasteiger partial charge >= 0.3 is 0 Å². The number of aryl methyl sites for hydroxylation is 1. The van der Waals surface area contributed by atoms with Crippen molar-refractivity contribution >= 4 is 16.8 Å². The number of hydrogen-bond acceptors (Lipinski definition) is 1. The number of rotatable bonds is 1. The van der Waals surface area contributed by atoms with Crippen LogP contribution in [0.1, 0.15) is 30.0 Å². The zero-order chi connectivity index (χ0) is 15.6. The number of amides is 1. The zero-order valence-corrected chi connectivity index (χ0v) is 13.1. The van der Waals surface area contributed by atoms with E-state index in [-0.39, 0.29) is 11.9 Å². The average molecular weight is 302 g/mol. The minimum Gasteiger partial charge on any atom is -0.343 e. The van der Waals surface area contributed by atoms with E-state index in [9.17, 15) is 4.79 Å². The van der Waals surface area contributed by atoms with Crippen molar-refractivity contribution in [2.24, 2.45) is 7.05 Å². The highest BCUT2D eigenvalue weighted by molar-refractivity contribution is 5.97. The van der Waals surface area contributed by atoms with E-state index in [2.05, 4.69) is 65.0 Å². The monoisotopic (exact) mass is 302 g/mol. The number of benzene rings is 2. The Hall–Kier alpha value is -2.55. The number of carbonyl (C=O) groups is 1.